The summed E-state index contributed by atoms with van der Waals surface area (Å²) in [6, 6.07) is 7.86. The molecule has 1 aromatic carbocycles. The van der Waals surface area contributed by atoms with Gasteiger partial charge in [0.05, 0.1) is 0 Å². The number of aromatic nitrogens is 2. The largest absolute Gasteiger partial charge is 0.339 e. The molecule has 0 bridgehead atoms. The van der Waals surface area contributed by atoms with Crippen LogP contribution in [0.2, 0.25) is 0 Å². The summed E-state index contributed by atoms with van der Waals surface area (Å²) in [5.41, 5.74) is 0.962. The molecule has 0 fully saturated rings. The molecule has 0 saturated carbocycles. The van der Waals surface area contributed by atoms with Crippen LogP contribution < -0.4 is 5.32 Å². The van der Waals surface area contributed by atoms with E-state index < -0.39 is 0 Å². The van der Waals surface area contributed by atoms with Gasteiger partial charge in [-0.2, -0.15) is 4.98 Å². The number of likely N-dealkylation sites (N-methyl/N-ethyl adjacent to an activating group) is 1. The van der Waals surface area contributed by atoms with E-state index in [2.05, 4.69) is 45.2 Å². The molecule has 0 aliphatic rings. The van der Waals surface area contributed by atoms with Crippen LogP contribution in [0.25, 0.3) is 11.4 Å². The predicted octanol–water partition coefficient (Wildman–Crippen LogP) is 3.21. The van der Waals surface area contributed by atoms with Crippen LogP contribution in [0.15, 0.2) is 33.3 Å². The molecule has 18 heavy (non-hydrogen) atoms. The van der Waals surface area contributed by atoms with Crippen molar-refractivity contribution in [1.29, 1.82) is 0 Å². The number of nitrogens with one attached hydrogen (secondary N) is 1. The van der Waals surface area contributed by atoms with E-state index in [1.54, 1.807) is 0 Å². The maximum Gasteiger partial charge on any atom is 0.231 e. The molecule has 0 amide bonds. The molecule has 1 atom stereocenters. The number of halogens is 1. The number of rotatable bonds is 5. The molecule has 2 aromatic rings. The summed E-state index contributed by atoms with van der Waals surface area (Å²) in [5.74, 6) is 1.54. The normalized spacial score (nSPS) is 12.6. The van der Waals surface area contributed by atoms with Crippen molar-refractivity contribution in [2.24, 2.45) is 0 Å². The summed E-state index contributed by atoms with van der Waals surface area (Å²) < 4.78 is 6.33. The van der Waals surface area contributed by atoms with E-state index in [4.69, 9.17) is 4.52 Å². The maximum atomic E-state index is 5.30. The van der Waals surface area contributed by atoms with Crippen molar-refractivity contribution in [3.8, 4) is 11.4 Å². The van der Waals surface area contributed by atoms with Gasteiger partial charge in [-0.15, -0.1) is 0 Å². The molecule has 1 heterocycles. The van der Waals surface area contributed by atoms with Gasteiger partial charge in [0, 0.05) is 22.5 Å². The zero-order valence-corrected chi connectivity index (χ0v) is 12.1. The van der Waals surface area contributed by atoms with Gasteiger partial charge in [0.1, 0.15) is 0 Å². The Morgan fingerprint density at radius 2 is 2.06 bits per heavy atom. The van der Waals surface area contributed by atoms with Crippen molar-refractivity contribution in [1.82, 2.24) is 15.5 Å². The zero-order chi connectivity index (χ0) is 13.0. The minimum Gasteiger partial charge on any atom is -0.339 e. The average molecular weight is 310 g/mol. The van der Waals surface area contributed by atoms with E-state index >= 15 is 0 Å². The highest BCUT2D eigenvalue weighted by atomic mass is 79.9. The molecule has 0 spiro atoms. The molecule has 4 nitrogen and oxygen atoms in total. The van der Waals surface area contributed by atoms with Gasteiger partial charge in [0.15, 0.2) is 0 Å². The van der Waals surface area contributed by atoms with Crippen molar-refractivity contribution < 1.29 is 4.52 Å². The summed E-state index contributed by atoms with van der Waals surface area (Å²) in [6.07, 6.45) is 0. The molecular weight excluding hydrogens is 294 g/mol. The highest BCUT2D eigenvalue weighted by Crippen LogP contribution is 2.21. The molecule has 1 N–H and O–H groups in total. The standard InChI is InChI=1S/C13H16BrN3O/c1-3-15-8-9(2)13-16-12(17-18-13)10-4-6-11(14)7-5-10/h4-7,9,15H,3,8H2,1-2H3. The Morgan fingerprint density at radius 1 is 1.33 bits per heavy atom. The molecule has 0 aliphatic heterocycles. The fourth-order valence-corrected chi connectivity index (χ4v) is 1.86. The van der Waals surface area contributed by atoms with Gasteiger partial charge >= 0.3 is 0 Å². The quantitative estimate of drug-likeness (QED) is 0.921. The summed E-state index contributed by atoms with van der Waals surface area (Å²) in [6.45, 7) is 5.94. The monoisotopic (exact) mass is 309 g/mol. The van der Waals surface area contributed by atoms with E-state index in [-0.39, 0.29) is 5.92 Å². The molecule has 1 aromatic heterocycles. The summed E-state index contributed by atoms with van der Waals surface area (Å²) in [7, 11) is 0. The fourth-order valence-electron chi connectivity index (χ4n) is 1.60. The van der Waals surface area contributed by atoms with Crippen LogP contribution in [0.5, 0.6) is 0 Å². The molecule has 0 aliphatic carbocycles. The zero-order valence-electron chi connectivity index (χ0n) is 10.5. The third-order valence-electron chi connectivity index (χ3n) is 2.67. The van der Waals surface area contributed by atoms with Crippen molar-refractivity contribution in [3.63, 3.8) is 0 Å². The minimum absolute atomic E-state index is 0.224. The number of hydrogen-bond acceptors (Lipinski definition) is 4. The molecule has 0 saturated heterocycles. The fraction of sp³-hybridized carbons (Fsp3) is 0.385. The van der Waals surface area contributed by atoms with Gasteiger partial charge in [-0.3, -0.25) is 0 Å². The Bertz CT molecular complexity index is 495. The van der Waals surface area contributed by atoms with Gasteiger partial charge in [-0.1, -0.05) is 34.9 Å². The Morgan fingerprint density at radius 3 is 2.72 bits per heavy atom. The topological polar surface area (TPSA) is 51.0 Å². The first-order chi connectivity index (χ1) is 8.70. The van der Waals surface area contributed by atoms with Crippen molar-refractivity contribution in [3.05, 3.63) is 34.6 Å². The first-order valence-electron chi connectivity index (χ1n) is 6.01. The van der Waals surface area contributed by atoms with Gasteiger partial charge in [-0.05, 0) is 30.8 Å². The Balaban J connectivity index is 2.12. The molecule has 0 radical (unpaired) electrons. The molecule has 1 unspecified atom stereocenters. The number of nitrogens with zero attached hydrogens (tertiary/aromatic N) is 2. The van der Waals surface area contributed by atoms with Crippen LogP contribution in [0, 0.1) is 0 Å². The lowest BCUT2D eigenvalue weighted by molar-refractivity contribution is 0.355. The second kappa shape index (κ2) is 6.11. The lowest BCUT2D eigenvalue weighted by Gasteiger charge is -2.05. The third kappa shape index (κ3) is 3.17. The summed E-state index contributed by atoms with van der Waals surface area (Å²) >= 11 is 3.40. The lowest BCUT2D eigenvalue weighted by atomic mass is 10.2. The number of benzene rings is 1. The second-order valence-electron chi connectivity index (χ2n) is 4.17. The van der Waals surface area contributed by atoms with Crippen molar-refractivity contribution >= 4 is 15.9 Å². The third-order valence-corrected chi connectivity index (χ3v) is 3.19. The van der Waals surface area contributed by atoms with Crippen LogP contribution in [0.1, 0.15) is 25.7 Å². The van der Waals surface area contributed by atoms with Gasteiger partial charge < -0.3 is 9.84 Å². The van der Waals surface area contributed by atoms with Crippen LogP contribution in [0.4, 0.5) is 0 Å². The minimum atomic E-state index is 0.224. The Hall–Kier alpha value is -1.20. The summed E-state index contributed by atoms with van der Waals surface area (Å²) in [5, 5.41) is 7.29. The van der Waals surface area contributed by atoms with Crippen LogP contribution >= 0.6 is 15.9 Å². The summed E-state index contributed by atoms with van der Waals surface area (Å²) in [4.78, 5) is 4.43. The lowest BCUT2D eigenvalue weighted by Crippen LogP contribution is -2.19. The Kier molecular flexibility index (Phi) is 4.49. The van der Waals surface area contributed by atoms with Crippen LogP contribution in [-0.2, 0) is 0 Å². The molecule has 5 heteroatoms. The van der Waals surface area contributed by atoms with E-state index in [0.29, 0.717) is 11.7 Å². The SMILES string of the molecule is CCNCC(C)c1nc(-c2ccc(Br)cc2)no1. The molecule has 2 rings (SSSR count). The van der Waals surface area contributed by atoms with E-state index in [1.165, 1.54) is 0 Å². The smallest absolute Gasteiger partial charge is 0.231 e. The highest BCUT2D eigenvalue weighted by molar-refractivity contribution is 9.10. The first-order valence-corrected chi connectivity index (χ1v) is 6.80. The van der Waals surface area contributed by atoms with E-state index in [0.717, 1.165) is 23.1 Å². The average Bonchev–Trinajstić information content (AvgIpc) is 2.86. The second-order valence-corrected chi connectivity index (χ2v) is 5.09. The molecular formula is C13H16BrN3O. The number of hydrogen-bond donors (Lipinski definition) is 1. The van der Waals surface area contributed by atoms with Gasteiger partial charge in [-0.25, -0.2) is 0 Å². The van der Waals surface area contributed by atoms with Crippen molar-refractivity contribution in [2.75, 3.05) is 13.1 Å². The highest BCUT2D eigenvalue weighted by Gasteiger charge is 2.14. The molecule has 96 valence electrons. The first kappa shape index (κ1) is 13.2. The van der Waals surface area contributed by atoms with Crippen LogP contribution in [0.3, 0.4) is 0 Å². The van der Waals surface area contributed by atoms with Crippen molar-refractivity contribution in [2.45, 2.75) is 19.8 Å². The van der Waals surface area contributed by atoms with Crippen LogP contribution in [-0.4, -0.2) is 23.2 Å². The predicted molar refractivity (Wildman–Crippen MR) is 74.4 cm³/mol. The maximum absolute atomic E-state index is 5.30. The van der Waals surface area contributed by atoms with E-state index in [9.17, 15) is 0 Å². The van der Waals surface area contributed by atoms with E-state index in [1.807, 2.05) is 24.3 Å². The van der Waals surface area contributed by atoms with Gasteiger partial charge in [0.2, 0.25) is 11.7 Å². The van der Waals surface area contributed by atoms with Gasteiger partial charge in [0.25, 0.3) is 0 Å². The Labute approximate surface area is 115 Å².